The zero-order chi connectivity index (χ0) is 14.1. The zero-order valence-electron chi connectivity index (χ0n) is 11.5. The van der Waals surface area contributed by atoms with Crippen LogP contribution in [0.25, 0.3) is 0 Å². The summed E-state index contributed by atoms with van der Waals surface area (Å²) in [6.45, 7) is 2.63. The summed E-state index contributed by atoms with van der Waals surface area (Å²) in [5, 5.41) is 0. The topological polar surface area (TPSA) is 70.8 Å². The van der Waals surface area contributed by atoms with E-state index < -0.39 is 0 Å². The predicted molar refractivity (Wildman–Crippen MR) is 72.2 cm³/mol. The zero-order valence-corrected chi connectivity index (χ0v) is 11.5. The Morgan fingerprint density at radius 1 is 1.37 bits per heavy atom. The Labute approximate surface area is 113 Å². The van der Waals surface area contributed by atoms with Crippen LogP contribution in [0.3, 0.4) is 0 Å². The first-order chi connectivity index (χ1) is 9.22. The van der Waals surface area contributed by atoms with E-state index >= 15 is 0 Å². The maximum atomic E-state index is 11.5. The average Bonchev–Trinajstić information content (AvgIpc) is 2.44. The molecule has 1 rings (SSSR count). The van der Waals surface area contributed by atoms with Crippen molar-refractivity contribution in [3.8, 4) is 11.5 Å². The molecule has 0 aliphatic heterocycles. The Bertz CT molecular complexity index is 384. The van der Waals surface area contributed by atoms with Crippen molar-refractivity contribution in [3.63, 3.8) is 0 Å². The van der Waals surface area contributed by atoms with Gasteiger partial charge in [0.1, 0.15) is 0 Å². The van der Waals surface area contributed by atoms with Gasteiger partial charge in [0.15, 0.2) is 18.1 Å². The fourth-order valence-electron chi connectivity index (χ4n) is 1.55. The molecule has 0 aliphatic rings. The van der Waals surface area contributed by atoms with E-state index in [1.807, 2.05) is 19.1 Å². The highest BCUT2D eigenvalue weighted by atomic mass is 16.6. The van der Waals surface area contributed by atoms with Gasteiger partial charge >= 0.3 is 5.97 Å². The lowest BCUT2D eigenvalue weighted by Gasteiger charge is -2.13. The first-order valence-electron chi connectivity index (χ1n) is 6.37. The molecule has 5 nitrogen and oxygen atoms in total. The maximum Gasteiger partial charge on any atom is 0.344 e. The summed E-state index contributed by atoms with van der Waals surface area (Å²) in [4.78, 5) is 11.5. The van der Waals surface area contributed by atoms with Gasteiger partial charge in [-0.2, -0.15) is 0 Å². The second kappa shape index (κ2) is 8.37. The number of benzene rings is 1. The molecule has 0 atom stereocenters. The van der Waals surface area contributed by atoms with E-state index in [1.165, 1.54) is 0 Å². The van der Waals surface area contributed by atoms with Gasteiger partial charge in [0.05, 0.1) is 13.7 Å². The highest BCUT2D eigenvalue weighted by Gasteiger charge is 2.12. The lowest BCUT2D eigenvalue weighted by Crippen LogP contribution is -2.16. The number of nitrogens with two attached hydrogens (primary N) is 1. The molecule has 0 amide bonds. The van der Waals surface area contributed by atoms with Crippen molar-refractivity contribution in [1.29, 1.82) is 0 Å². The molecule has 0 fully saturated rings. The van der Waals surface area contributed by atoms with E-state index in [2.05, 4.69) is 0 Å². The molecule has 0 heterocycles. The monoisotopic (exact) mass is 267 g/mol. The van der Waals surface area contributed by atoms with Crippen LogP contribution in [0.4, 0.5) is 0 Å². The summed E-state index contributed by atoms with van der Waals surface area (Å²) in [5.41, 5.74) is 6.42. The van der Waals surface area contributed by atoms with E-state index in [4.69, 9.17) is 19.9 Å². The minimum atomic E-state index is -0.387. The second-order valence-corrected chi connectivity index (χ2v) is 4.02. The van der Waals surface area contributed by atoms with Crippen LogP contribution in [-0.4, -0.2) is 26.3 Å². The molecule has 0 spiro atoms. The van der Waals surface area contributed by atoms with Crippen molar-refractivity contribution < 1.29 is 19.0 Å². The number of methoxy groups -OCH3 is 1. The summed E-state index contributed by atoms with van der Waals surface area (Å²) < 4.78 is 15.7. The van der Waals surface area contributed by atoms with Gasteiger partial charge in [-0.25, -0.2) is 4.79 Å². The van der Waals surface area contributed by atoms with Gasteiger partial charge in [-0.1, -0.05) is 25.5 Å². The molecule has 0 bridgehead atoms. The first-order valence-corrected chi connectivity index (χ1v) is 6.37. The summed E-state index contributed by atoms with van der Waals surface area (Å²) in [6, 6.07) is 5.42. The number of esters is 1. The van der Waals surface area contributed by atoms with E-state index in [1.54, 1.807) is 13.2 Å². The van der Waals surface area contributed by atoms with Crippen LogP contribution in [0.15, 0.2) is 18.2 Å². The van der Waals surface area contributed by atoms with Gasteiger partial charge in [-0.15, -0.1) is 0 Å². The van der Waals surface area contributed by atoms with Crippen LogP contribution in [0.1, 0.15) is 25.3 Å². The van der Waals surface area contributed by atoms with Crippen molar-refractivity contribution >= 4 is 5.97 Å². The van der Waals surface area contributed by atoms with E-state index in [0.717, 1.165) is 18.4 Å². The molecule has 5 heteroatoms. The van der Waals surface area contributed by atoms with Gasteiger partial charge in [-0.05, 0) is 12.5 Å². The second-order valence-electron chi connectivity index (χ2n) is 4.02. The molecule has 0 aliphatic carbocycles. The summed E-state index contributed by atoms with van der Waals surface area (Å²) in [5.74, 6) is 0.673. The number of carbonyl (C=O) groups is 1. The number of rotatable bonds is 8. The normalized spacial score (nSPS) is 10.1. The highest BCUT2D eigenvalue weighted by molar-refractivity contribution is 5.71. The number of carbonyl (C=O) groups excluding carboxylic acids is 1. The minimum Gasteiger partial charge on any atom is -0.493 e. The molecule has 1 aromatic rings. The van der Waals surface area contributed by atoms with Crippen molar-refractivity contribution in [3.05, 3.63) is 23.8 Å². The van der Waals surface area contributed by atoms with Gasteiger partial charge in [0.25, 0.3) is 0 Å². The number of hydrogen-bond acceptors (Lipinski definition) is 5. The molecule has 106 valence electrons. The third-order valence-corrected chi connectivity index (χ3v) is 2.60. The van der Waals surface area contributed by atoms with Crippen LogP contribution in [0.2, 0.25) is 0 Å². The molecule has 0 saturated carbocycles. The van der Waals surface area contributed by atoms with Crippen LogP contribution >= 0.6 is 0 Å². The largest absolute Gasteiger partial charge is 0.493 e. The Balaban J connectivity index is 2.58. The van der Waals surface area contributed by atoms with Crippen LogP contribution < -0.4 is 15.2 Å². The number of ether oxygens (including phenoxy) is 3. The predicted octanol–water partition coefficient (Wildman–Crippen LogP) is 1.88. The van der Waals surface area contributed by atoms with Gasteiger partial charge in [0, 0.05) is 12.1 Å². The van der Waals surface area contributed by atoms with Crippen LogP contribution in [0, 0.1) is 0 Å². The fraction of sp³-hybridized carbons (Fsp3) is 0.500. The Kier molecular flexibility index (Phi) is 6.74. The molecular formula is C14H21NO4. The lowest BCUT2D eigenvalue weighted by molar-refractivity contribution is -0.146. The van der Waals surface area contributed by atoms with Crippen LogP contribution in [0.5, 0.6) is 11.5 Å². The highest BCUT2D eigenvalue weighted by Crippen LogP contribution is 2.30. The number of unbranched alkanes of at least 4 members (excludes halogenated alkanes) is 1. The molecule has 0 unspecified atom stereocenters. The molecule has 2 N–H and O–H groups in total. The average molecular weight is 267 g/mol. The molecule has 0 radical (unpaired) electrons. The summed E-state index contributed by atoms with van der Waals surface area (Å²) in [7, 11) is 1.54. The number of para-hydroxylation sites is 1. The van der Waals surface area contributed by atoms with Crippen LogP contribution in [-0.2, 0) is 16.1 Å². The molecule has 0 aromatic heterocycles. The molecular weight excluding hydrogens is 246 g/mol. The van der Waals surface area contributed by atoms with Crippen molar-refractivity contribution in [1.82, 2.24) is 0 Å². The van der Waals surface area contributed by atoms with Crippen molar-refractivity contribution in [2.75, 3.05) is 20.3 Å². The smallest absolute Gasteiger partial charge is 0.344 e. The third-order valence-electron chi connectivity index (χ3n) is 2.60. The maximum absolute atomic E-state index is 11.5. The number of hydrogen-bond donors (Lipinski definition) is 1. The van der Waals surface area contributed by atoms with Crippen molar-refractivity contribution in [2.45, 2.75) is 26.3 Å². The Morgan fingerprint density at radius 3 is 2.79 bits per heavy atom. The Hall–Kier alpha value is -1.75. The third kappa shape index (κ3) is 4.79. The molecule has 19 heavy (non-hydrogen) atoms. The van der Waals surface area contributed by atoms with E-state index in [9.17, 15) is 4.79 Å². The van der Waals surface area contributed by atoms with E-state index in [0.29, 0.717) is 24.7 Å². The minimum absolute atomic E-state index is 0.142. The standard InChI is InChI=1S/C14H21NO4/c1-3-4-8-18-13(16)10-19-14-11(9-15)6-5-7-12(14)17-2/h5-7H,3-4,8-10,15H2,1-2H3. The summed E-state index contributed by atoms with van der Waals surface area (Å²) >= 11 is 0. The lowest BCUT2D eigenvalue weighted by atomic mass is 10.2. The van der Waals surface area contributed by atoms with Crippen molar-refractivity contribution in [2.24, 2.45) is 5.73 Å². The first kappa shape index (κ1) is 15.3. The van der Waals surface area contributed by atoms with E-state index in [-0.39, 0.29) is 12.6 Å². The fourth-order valence-corrected chi connectivity index (χ4v) is 1.55. The summed E-state index contributed by atoms with van der Waals surface area (Å²) in [6.07, 6.45) is 1.84. The molecule has 0 saturated heterocycles. The quantitative estimate of drug-likeness (QED) is 0.575. The Morgan fingerprint density at radius 2 is 2.16 bits per heavy atom. The SMILES string of the molecule is CCCCOC(=O)COc1c(CN)cccc1OC. The molecule has 1 aromatic carbocycles. The van der Waals surface area contributed by atoms with Gasteiger partial charge in [-0.3, -0.25) is 0 Å². The van der Waals surface area contributed by atoms with Gasteiger partial charge in [0.2, 0.25) is 0 Å². The van der Waals surface area contributed by atoms with Gasteiger partial charge < -0.3 is 19.9 Å².